The molecule has 0 N–H and O–H groups in total. The maximum atomic E-state index is 5.65. The second kappa shape index (κ2) is 6.49. The van der Waals surface area contributed by atoms with Crippen LogP contribution >= 0.6 is 0 Å². The van der Waals surface area contributed by atoms with Gasteiger partial charge in [0.2, 0.25) is 0 Å². The van der Waals surface area contributed by atoms with E-state index in [-0.39, 0.29) is 0 Å². The summed E-state index contributed by atoms with van der Waals surface area (Å²) in [6.07, 6.45) is 12.0. The van der Waals surface area contributed by atoms with Gasteiger partial charge in [-0.15, -0.1) is 0 Å². The first-order chi connectivity index (χ1) is 12.4. The number of aromatic nitrogens is 2. The van der Waals surface area contributed by atoms with Crippen LogP contribution in [-0.2, 0) is 13.0 Å². The number of imidazole rings is 1. The molecule has 2 fully saturated rings. The molecule has 1 aromatic carbocycles. The Balaban J connectivity index is 1.39. The summed E-state index contributed by atoms with van der Waals surface area (Å²) >= 11 is 0. The second-order valence-corrected chi connectivity index (χ2v) is 7.83. The minimum absolute atomic E-state index is 0.764. The molecule has 4 heteroatoms. The number of benzene rings is 1. The summed E-state index contributed by atoms with van der Waals surface area (Å²) in [6.45, 7) is 4.53. The van der Waals surface area contributed by atoms with Gasteiger partial charge in [0.05, 0.1) is 6.61 Å². The van der Waals surface area contributed by atoms with Crippen molar-refractivity contribution in [1.29, 1.82) is 0 Å². The fourth-order valence-corrected chi connectivity index (χ4v) is 5.09. The lowest BCUT2D eigenvalue weighted by Gasteiger charge is -2.44. The van der Waals surface area contributed by atoms with Gasteiger partial charge in [-0.1, -0.05) is 6.42 Å². The van der Waals surface area contributed by atoms with Crippen molar-refractivity contribution in [3.8, 4) is 17.1 Å². The van der Waals surface area contributed by atoms with E-state index in [4.69, 9.17) is 4.74 Å². The number of hydrogen-bond donors (Lipinski definition) is 0. The molecule has 5 rings (SSSR count). The van der Waals surface area contributed by atoms with E-state index in [1.54, 1.807) is 0 Å². The lowest BCUT2D eigenvalue weighted by atomic mass is 9.83. The van der Waals surface area contributed by atoms with Crippen molar-refractivity contribution in [1.82, 2.24) is 14.5 Å². The monoisotopic (exact) mass is 337 g/mol. The standard InChI is InChI=1S/C21H27N3O/c1-2-10-23-11-3-4-18(19(23)5-1)15-24-12-9-22-21(24)17-6-7-20-16(14-17)8-13-25-20/h6-7,9,12,14,18-19H,1-5,8,10-11,13,15H2/t18-,19+/m0/s1. The quantitative estimate of drug-likeness (QED) is 0.854. The van der Waals surface area contributed by atoms with Gasteiger partial charge in [0.1, 0.15) is 11.6 Å². The van der Waals surface area contributed by atoms with Crippen LogP contribution in [0.25, 0.3) is 11.4 Å². The molecule has 0 bridgehead atoms. The lowest BCUT2D eigenvalue weighted by molar-refractivity contribution is 0.0521. The zero-order valence-electron chi connectivity index (χ0n) is 14.9. The second-order valence-electron chi connectivity index (χ2n) is 7.83. The number of fused-ring (bicyclic) bond motifs is 2. The van der Waals surface area contributed by atoms with Crippen LogP contribution in [-0.4, -0.2) is 40.2 Å². The average Bonchev–Trinajstić information content (AvgIpc) is 3.30. The summed E-state index contributed by atoms with van der Waals surface area (Å²) in [5.74, 6) is 2.93. The molecule has 0 spiro atoms. The van der Waals surface area contributed by atoms with Crippen molar-refractivity contribution < 1.29 is 4.74 Å². The van der Waals surface area contributed by atoms with Crippen LogP contribution in [0.4, 0.5) is 0 Å². The Morgan fingerprint density at radius 3 is 3.08 bits per heavy atom. The predicted molar refractivity (Wildman–Crippen MR) is 98.8 cm³/mol. The molecule has 25 heavy (non-hydrogen) atoms. The number of ether oxygens (including phenoxy) is 1. The minimum Gasteiger partial charge on any atom is -0.493 e. The molecule has 2 atom stereocenters. The Labute approximate surface area is 149 Å². The van der Waals surface area contributed by atoms with Gasteiger partial charge in [0.15, 0.2) is 0 Å². The Kier molecular flexibility index (Phi) is 4.01. The molecule has 3 aliphatic heterocycles. The third kappa shape index (κ3) is 2.86. The third-order valence-corrected chi connectivity index (χ3v) is 6.32. The third-order valence-electron chi connectivity index (χ3n) is 6.32. The molecule has 3 aliphatic rings. The summed E-state index contributed by atoms with van der Waals surface area (Å²) in [5.41, 5.74) is 2.55. The maximum absolute atomic E-state index is 5.65. The fourth-order valence-electron chi connectivity index (χ4n) is 5.09. The molecular weight excluding hydrogens is 310 g/mol. The Morgan fingerprint density at radius 2 is 2.08 bits per heavy atom. The highest BCUT2D eigenvalue weighted by Gasteiger charge is 2.33. The Morgan fingerprint density at radius 1 is 1.12 bits per heavy atom. The topological polar surface area (TPSA) is 30.3 Å². The average molecular weight is 337 g/mol. The van der Waals surface area contributed by atoms with Crippen LogP contribution in [0, 0.1) is 5.92 Å². The van der Waals surface area contributed by atoms with Crippen molar-refractivity contribution >= 4 is 0 Å². The molecule has 1 aromatic heterocycles. The first kappa shape index (κ1) is 15.4. The molecule has 4 nitrogen and oxygen atoms in total. The number of piperidine rings is 2. The van der Waals surface area contributed by atoms with Gasteiger partial charge in [0, 0.05) is 37.0 Å². The highest BCUT2D eigenvalue weighted by atomic mass is 16.5. The van der Waals surface area contributed by atoms with Crippen molar-refractivity contribution in [2.75, 3.05) is 19.7 Å². The van der Waals surface area contributed by atoms with E-state index in [0.29, 0.717) is 0 Å². The molecule has 0 amide bonds. The zero-order valence-corrected chi connectivity index (χ0v) is 14.9. The largest absolute Gasteiger partial charge is 0.493 e. The molecular formula is C21H27N3O. The van der Waals surface area contributed by atoms with Crippen LogP contribution in [0.15, 0.2) is 30.6 Å². The van der Waals surface area contributed by atoms with Gasteiger partial charge >= 0.3 is 0 Å². The number of hydrogen-bond acceptors (Lipinski definition) is 3. The first-order valence-corrected chi connectivity index (χ1v) is 9.90. The van der Waals surface area contributed by atoms with Gasteiger partial charge in [-0.25, -0.2) is 4.98 Å². The van der Waals surface area contributed by atoms with Crippen molar-refractivity contribution in [2.45, 2.75) is 51.1 Å². The minimum atomic E-state index is 0.764. The molecule has 0 radical (unpaired) electrons. The highest BCUT2D eigenvalue weighted by molar-refractivity contribution is 5.60. The summed E-state index contributed by atoms with van der Waals surface area (Å²) in [5, 5.41) is 0. The number of nitrogens with zero attached hydrogens (tertiary/aromatic N) is 3. The van der Waals surface area contributed by atoms with Gasteiger partial charge < -0.3 is 14.2 Å². The van der Waals surface area contributed by atoms with Crippen molar-refractivity contribution in [3.05, 3.63) is 36.2 Å². The van der Waals surface area contributed by atoms with E-state index in [1.807, 2.05) is 6.20 Å². The summed E-state index contributed by atoms with van der Waals surface area (Å²) in [6, 6.07) is 7.33. The molecule has 0 saturated carbocycles. The fraction of sp³-hybridized carbons (Fsp3) is 0.571. The van der Waals surface area contributed by atoms with Gasteiger partial charge in [-0.2, -0.15) is 0 Å². The maximum Gasteiger partial charge on any atom is 0.139 e. The molecule has 2 aromatic rings. The van der Waals surface area contributed by atoms with E-state index < -0.39 is 0 Å². The summed E-state index contributed by atoms with van der Waals surface area (Å²) in [4.78, 5) is 7.44. The van der Waals surface area contributed by atoms with Crippen molar-refractivity contribution in [2.24, 2.45) is 5.92 Å². The summed E-state index contributed by atoms with van der Waals surface area (Å²) < 4.78 is 8.04. The predicted octanol–water partition coefficient (Wildman–Crippen LogP) is 3.75. The zero-order chi connectivity index (χ0) is 16.6. The van der Waals surface area contributed by atoms with Crippen LogP contribution in [0.5, 0.6) is 5.75 Å². The first-order valence-electron chi connectivity index (χ1n) is 9.90. The summed E-state index contributed by atoms with van der Waals surface area (Å²) in [7, 11) is 0. The van der Waals surface area contributed by atoms with E-state index in [2.05, 4.69) is 38.8 Å². The SMILES string of the molecule is c1cn(C[C@@H]2CCCN3CCCC[C@H]23)c(-c2ccc3c(c2)CCO3)n1. The van der Waals surface area contributed by atoms with E-state index in [0.717, 1.165) is 43.1 Å². The Hall–Kier alpha value is -1.81. The molecule has 0 unspecified atom stereocenters. The Bertz CT molecular complexity index is 751. The lowest BCUT2D eigenvalue weighted by Crippen LogP contribution is -2.49. The van der Waals surface area contributed by atoms with Crippen LogP contribution in [0.2, 0.25) is 0 Å². The normalized spacial score (nSPS) is 26.1. The van der Waals surface area contributed by atoms with Gasteiger partial charge in [-0.3, -0.25) is 0 Å². The van der Waals surface area contributed by atoms with Crippen LogP contribution < -0.4 is 4.74 Å². The molecule has 132 valence electrons. The van der Waals surface area contributed by atoms with Crippen LogP contribution in [0.1, 0.15) is 37.7 Å². The smallest absolute Gasteiger partial charge is 0.139 e. The van der Waals surface area contributed by atoms with E-state index in [1.165, 1.54) is 56.3 Å². The van der Waals surface area contributed by atoms with Crippen molar-refractivity contribution in [3.63, 3.8) is 0 Å². The molecule has 4 heterocycles. The number of rotatable bonds is 3. The molecule has 0 aliphatic carbocycles. The highest BCUT2D eigenvalue weighted by Crippen LogP contribution is 2.34. The van der Waals surface area contributed by atoms with Gasteiger partial charge in [0.25, 0.3) is 0 Å². The van der Waals surface area contributed by atoms with E-state index >= 15 is 0 Å². The van der Waals surface area contributed by atoms with Crippen LogP contribution in [0.3, 0.4) is 0 Å². The molecule has 2 saturated heterocycles. The van der Waals surface area contributed by atoms with Gasteiger partial charge in [-0.05, 0) is 68.5 Å². The van der Waals surface area contributed by atoms with E-state index in [9.17, 15) is 0 Å².